The van der Waals surface area contributed by atoms with Crippen LogP contribution in [0.5, 0.6) is 0 Å². The molecule has 0 saturated heterocycles. The Kier molecular flexibility index (Phi) is 8.31. The minimum Gasteiger partial charge on any atom is -0.310 e. The van der Waals surface area contributed by atoms with Crippen LogP contribution in [0.1, 0.15) is 43.1 Å². The van der Waals surface area contributed by atoms with Crippen molar-refractivity contribution in [1.82, 2.24) is 0 Å². The van der Waals surface area contributed by atoms with Gasteiger partial charge in [-0.15, -0.1) is 45.3 Å². The van der Waals surface area contributed by atoms with E-state index in [1.165, 1.54) is 106 Å². The van der Waals surface area contributed by atoms with Crippen molar-refractivity contribution in [3.63, 3.8) is 0 Å². The second kappa shape index (κ2) is 14.6. The standard InChI is InChI=1S/C62H38N2S4/c1-3-21-41(22-4-1)63-49-29-13-9-25-43(49)61(44-26-10-14-30-50(44)63)47-37-57(55-35-39-19-7-17-33-53(39)65-55)68-60(47)62(48-38-58(67-59(48)61)56-36-40-20-8-18-34-54(40)66-56)45-27-11-15-31-51(45)64(42-23-5-2-6-24-42)52-32-16-12-28-46(52)62/h1-38H. The lowest BCUT2D eigenvalue weighted by Crippen LogP contribution is -2.47. The summed E-state index contributed by atoms with van der Waals surface area (Å²) in [6, 6.07) is 86.8. The van der Waals surface area contributed by atoms with Gasteiger partial charge >= 0.3 is 0 Å². The lowest BCUT2D eigenvalue weighted by atomic mass is 9.53. The smallest absolute Gasteiger partial charge is 0.0850 e. The van der Waals surface area contributed by atoms with Crippen LogP contribution >= 0.6 is 45.3 Å². The molecule has 68 heavy (non-hydrogen) atoms. The van der Waals surface area contributed by atoms with Gasteiger partial charge in [-0.25, -0.2) is 0 Å². The van der Waals surface area contributed by atoms with Gasteiger partial charge in [-0.05, 0) is 129 Å². The number of benzene rings is 8. The zero-order valence-electron chi connectivity index (χ0n) is 36.5. The highest BCUT2D eigenvalue weighted by molar-refractivity contribution is 7.27. The number of hydrogen-bond donors (Lipinski definition) is 0. The Morgan fingerprint density at radius 1 is 0.265 bits per heavy atom. The monoisotopic (exact) mass is 938 g/mol. The van der Waals surface area contributed by atoms with Gasteiger partial charge in [-0.1, -0.05) is 146 Å². The number of anilines is 6. The fraction of sp³-hybridized carbons (Fsp3) is 0.0323. The molecule has 0 atom stereocenters. The highest BCUT2D eigenvalue weighted by atomic mass is 32.1. The van der Waals surface area contributed by atoms with Crippen molar-refractivity contribution in [1.29, 1.82) is 0 Å². The average molecular weight is 939 g/mol. The van der Waals surface area contributed by atoms with Crippen molar-refractivity contribution in [3.8, 4) is 19.5 Å². The van der Waals surface area contributed by atoms with E-state index in [2.05, 4.69) is 240 Å². The van der Waals surface area contributed by atoms with Gasteiger partial charge in [0.25, 0.3) is 0 Å². The van der Waals surface area contributed by atoms with Crippen LogP contribution in [-0.2, 0) is 10.8 Å². The maximum absolute atomic E-state index is 2.62. The molecular formula is C62H38N2S4. The molecule has 0 saturated carbocycles. The van der Waals surface area contributed by atoms with E-state index >= 15 is 0 Å². The van der Waals surface area contributed by atoms with Gasteiger partial charge in [0.15, 0.2) is 0 Å². The molecule has 0 unspecified atom stereocenters. The lowest BCUT2D eigenvalue weighted by molar-refractivity contribution is 0.634. The van der Waals surface area contributed by atoms with E-state index in [0.29, 0.717) is 0 Å². The van der Waals surface area contributed by atoms with E-state index in [1.54, 1.807) is 0 Å². The Balaban J connectivity index is 1.14. The van der Waals surface area contributed by atoms with E-state index in [9.17, 15) is 0 Å². The molecule has 0 bridgehead atoms. The van der Waals surface area contributed by atoms with Crippen LogP contribution in [0.4, 0.5) is 34.1 Å². The summed E-state index contributed by atoms with van der Waals surface area (Å²) in [6.07, 6.45) is 0. The first-order valence-corrected chi connectivity index (χ1v) is 26.3. The van der Waals surface area contributed by atoms with Gasteiger partial charge in [0.1, 0.15) is 0 Å². The zero-order valence-corrected chi connectivity index (χ0v) is 39.7. The Morgan fingerprint density at radius 2 is 0.574 bits per heavy atom. The van der Waals surface area contributed by atoms with E-state index in [4.69, 9.17) is 0 Å². The predicted molar refractivity (Wildman–Crippen MR) is 290 cm³/mol. The molecule has 1 aliphatic carbocycles. The molecule has 12 aromatic rings. The number of fused-ring (bicyclic) bond motifs is 16. The largest absolute Gasteiger partial charge is 0.310 e. The molecule has 3 aliphatic rings. The Hall–Kier alpha value is -7.32. The summed E-state index contributed by atoms with van der Waals surface area (Å²) < 4.78 is 2.62. The van der Waals surface area contributed by atoms with Crippen LogP contribution in [0.2, 0.25) is 0 Å². The second-order valence-electron chi connectivity index (χ2n) is 17.9. The van der Waals surface area contributed by atoms with Gasteiger partial charge in [-0.2, -0.15) is 0 Å². The second-order valence-corrected chi connectivity index (χ2v) is 22.2. The van der Waals surface area contributed by atoms with Crippen molar-refractivity contribution in [2.75, 3.05) is 9.80 Å². The van der Waals surface area contributed by atoms with Crippen LogP contribution < -0.4 is 9.80 Å². The molecule has 2 nitrogen and oxygen atoms in total. The molecule has 4 aromatic heterocycles. The first-order chi connectivity index (χ1) is 33.7. The molecule has 0 amide bonds. The summed E-state index contributed by atoms with van der Waals surface area (Å²) in [5.41, 5.74) is 13.7. The predicted octanol–water partition coefficient (Wildman–Crippen LogP) is 18.2. The molecule has 320 valence electrons. The van der Waals surface area contributed by atoms with Crippen LogP contribution in [0.15, 0.2) is 231 Å². The van der Waals surface area contributed by atoms with Crippen LogP contribution in [0.25, 0.3) is 39.7 Å². The van der Waals surface area contributed by atoms with E-state index in [-0.39, 0.29) is 0 Å². The Bertz CT molecular complexity index is 3500. The summed E-state index contributed by atoms with van der Waals surface area (Å²) in [6.45, 7) is 0. The van der Waals surface area contributed by atoms with Gasteiger partial charge < -0.3 is 9.80 Å². The molecule has 2 spiro atoms. The lowest BCUT2D eigenvalue weighted by Gasteiger charge is -2.53. The molecular weight excluding hydrogens is 901 g/mol. The normalized spacial score (nSPS) is 14.6. The fourth-order valence-electron chi connectivity index (χ4n) is 11.9. The molecule has 8 aromatic carbocycles. The highest BCUT2D eigenvalue weighted by Crippen LogP contribution is 2.71. The third-order valence-electron chi connectivity index (χ3n) is 14.5. The summed E-state index contributed by atoms with van der Waals surface area (Å²) >= 11 is 7.83. The molecule has 0 N–H and O–H groups in total. The first kappa shape index (κ1) is 38.8. The molecule has 15 rings (SSSR count). The van der Waals surface area contributed by atoms with Crippen molar-refractivity contribution in [2.24, 2.45) is 0 Å². The molecule has 0 radical (unpaired) electrons. The number of thiophene rings is 4. The van der Waals surface area contributed by atoms with Crippen molar-refractivity contribution in [3.05, 3.63) is 274 Å². The van der Waals surface area contributed by atoms with Gasteiger partial charge in [0.05, 0.1) is 33.6 Å². The first-order valence-electron chi connectivity index (χ1n) is 23.1. The minimum absolute atomic E-state index is 0.667. The Morgan fingerprint density at radius 3 is 0.941 bits per heavy atom. The van der Waals surface area contributed by atoms with E-state index in [0.717, 1.165) is 11.4 Å². The number of nitrogens with zero attached hydrogens (tertiary/aromatic N) is 2. The third kappa shape index (κ3) is 5.15. The van der Waals surface area contributed by atoms with Crippen molar-refractivity contribution in [2.45, 2.75) is 10.8 Å². The number of para-hydroxylation sites is 6. The summed E-state index contributed by atoms with van der Waals surface area (Å²) in [5.74, 6) is 0. The van der Waals surface area contributed by atoms with Crippen LogP contribution in [0.3, 0.4) is 0 Å². The maximum Gasteiger partial charge on any atom is 0.0850 e. The summed E-state index contributed by atoms with van der Waals surface area (Å²) in [5, 5.41) is 2.57. The van der Waals surface area contributed by atoms with Crippen LogP contribution in [-0.4, -0.2) is 0 Å². The molecule has 6 heteroatoms. The van der Waals surface area contributed by atoms with Gasteiger partial charge in [0, 0.05) is 50.0 Å². The number of hydrogen-bond acceptors (Lipinski definition) is 6. The zero-order chi connectivity index (χ0) is 44.6. The molecule has 2 aliphatic heterocycles. The van der Waals surface area contributed by atoms with Crippen molar-refractivity contribution >= 4 is 99.6 Å². The van der Waals surface area contributed by atoms with Gasteiger partial charge in [0.2, 0.25) is 0 Å². The SMILES string of the molecule is c1ccc(N2c3ccccc3C3(c4ccccc42)c2cc(-c4cc5ccccc5s4)sc2C2(c4ccccc4N(c4ccccc4)c4ccccc42)c2cc(-c4cc5ccccc5s4)sc23)cc1. The quantitative estimate of drug-likeness (QED) is 0.173. The number of rotatable bonds is 4. The third-order valence-corrected chi connectivity index (χ3v) is 19.6. The average Bonchev–Trinajstić information content (AvgIpc) is 4.24. The topological polar surface area (TPSA) is 6.48 Å². The summed E-state index contributed by atoms with van der Waals surface area (Å²) in [7, 11) is 0. The Labute approximate surface area is 410 Å². The fourth-order valence-corrected chi connectivity index (χ4v) is 17.0. The maximum atomic E-state index is 2.62. The van der Waals surface area contributed by atoms with Crippen molar-refractivity contribution < 1.29 is 0 Å². The molecule has 0 fully saturated rings. The molecule has 6 heterocycles. The van der Waals surface area contributed by atoms with E-state index < -0.39 is 10.8 Å². The van der Waals surface area contributed by atoms with Gasteiger partial charge in [-0.3, -0.25) is 0 Å². The summed E-state index contributed by atoms with van der Waals surface area (Å²) in [4.78, 5) is 13.0. The highest BCUT2D eigenvalue weighted by Gasteiger charge is 2.61. The van der Waals surface area contributed by atoms with Crippen LogP contribution in [0, 0.1) is 0 Å². The van der Waals surface area contributed by atoms with E-state index in [1.807, 2.05) is 45.3 Å². The minimum atomic E-state index is -0.667.